The molecular formula is C29H20N2O. The third-order valence-electron chi connectivity index (χ3n) is 5.70. The van der Waals surface area contributed by atoms with Gasteiger partial charge in [0, 0.05) is 39.6 Å². The Morgan fingerprint density at radius 1 is 0.531 bits per heavy atom. The van der Waals surface area contributed by atoms with Crippen molar-refractivity contribution in [1.29, 1.82) is 0 Å². The number of benzene rings is 4. The summed E-state index contributed by atoms with van der Waals surface area (Å²) in [6.45, 7) is 0. The number of hydrogen-bond donors (Lipinski definition) is 0. The average Bonchev–Trinajstić information content (AvgIpc) is 3.24. The van der Waals surface area contributed by atoms with Gasteiger partial charge in [-0.1, -0.05) is 66.7 Å². The van der Waals surface area contributed by atoms with Gasteiger partial charge < -0.3 is 9.32 Å². The molecule has 0 fully saturated rings. The zero-order valence-electron chi connectivity index (χ0n) is 17.3. The van der Waals surface area contributed by atoms with E-state index in [-0.39, 0.29) is 0 Å². The van der Waals surface area contributed by atoms with Gasteiger partial charge in [-0.05, 0) is 54.1 Å². The second kappa shape index (κ2) is 7.71. The third kappa shape index (κ3) is 3.21. The summed E-state index contributed by atoms with van der Waals surface area (Å²) in [5.74, 6) is 0. The number of aromatic nitrogens is 1. The van der Waals surface area contributed by atoms with E-state index in [1.165, 1.54) is 0 Å². The first kappa shape index (κ1) is 18.4. The van der Waals surface area contributed by atoms with Crippen LogP contribution < -0.4 is 4.90 Å². The van der Waals surface area contributed by atoms with Crippen LogP contribution in [0.4, 0.5) is 17.1 Å². The second-order valence-corrected chi connectivity index (χ2v) is 7.73. The quantitative estimate of drug-likeness (QED) is 0.293. The molecule has 0 spiro atoms. The lowest BCUT2D eigenvalue weighted by Crippen LogP contribution is -2.09. The van der Waals surface area contributed by atoms with Crippen molar-refractivity contribution in [2.45, 2.75) is 0 Å². The van der Waals surface area contributed by atoms with Gasteiger partial charge >= 0.3 is 0 Å². The van der Waals surface area contributed by atoms with E-state index >= 15 is 0 Å². The number of para-hydroxylation sites is 3. The van der Waals surface area contributed by atoms with Gasteiger partial charge in [0.05, 0.1) is 0 Å². The molecule has 2 heterocycles. The maximum Gasteiger partial charge on any atom is 0.227 e. The summed E-state index contributed by atoms with van der Waals surface area (Å²) >= 11 is 0. The van der Waals surface area contributed by atoms with E-state index in [1.54, 1.807) is 0 Å². The highest BCUT2D eigenvalue weighted by Gasteiger charge is 2.14. The Bertz CT molecular complexity index is 1480. The first-order chi connectivity index (χ1) is 15.9. The summed E-state index contributed by atoms with van der Waals surface area (Å²) in [6, 6.07) is 39.7. The highest BCUT2D eigenvalue weighted by molar-refractivity contribution is 6.04. The molecule has 0 saturated heterocycles. The summed E-state index contributed by atoms with van der Waals surface area (Å²) in [6.07, 6.45) is 1.89. The van der Waals surface area contributed by atoms with Crippen molar-refractivity contribution < 1.29 is 4.42 Å². The SMILES string of the molecule is c1ccc(N(c2ccccc2)c2cccc(-c3cnc4oc5ccccc5c4c3)c2)cc1. The minimum Gasteiger partial charge on any atom is -0.438 e. The molecule has 6 aromatic rings. The predicted octanol–water partition coefficient (Wildman–Crippen LogP) is 8.12. The lowest BCUT2D eigenvalue weighted by atomic mass is 10.0. The number of anilines is 3. The molecule has 4 aromatic carbocycles. The van der Waals surface area contributed by atoms with Crippen LogP contribution in [0.5, 0.6) is 0 Å². The lowest BCUT2D eigenvalue weighted by molar-refractivity contribution is 0.654. The maximum atomic E-state index is 5.90. The van der Waals surface area contributed by atoms with Crippen molar-refractivity contribution in [1.82, 2.24) is 4.98 Å². The standard InChI is InChI=1S/C29H20N2O/c1-3-11-23(12-4-1)31(24-13-5-2-6-14-24)25-15-9-10-21(18-25)22-19-27-26-16-7-8-17-28(26)32-29(27)30-20-22/h1-20H. The van der Waals surface area contributed by atoms with Crippen LogP contribution in [0, 0.1) is 0 Å². The fourth-order valence-corrected chi connectivity index (χ4v) is 4.19. The van der Waals surface area contributed by atoms with Gasteiger partial charge in [0.2, 0.25) is 5.71 Å². The molecule has 0 N–H and O–H groups in total. The van der Waals surface area contributed by atoms with E-state index in [2.05, 4.69) is 94.8 Å². The number of hydrogen-bond acceptors (Lipinski definition) is 3. The van der Waals surface area contributed by atoms with Crippen LogP contribution >= 0.6 is 0 Å². The van der Waals surface area contributed by atoms with E-state index < -0.39 is 0 Å². The summed E-state index contributed by atoms with van der Waals surface area (Å²) in [5, 5.41) is 2.12. The lowest BCUT2D eigenvalue weighted by Gasteiger charge is -2.25. The fraction of sp³-hybridized carbons (Fsp3) is 0. The van der Waals surface area contributed by atoms with E-state index in [4.69, 9.17) is 4.42 Å². The third-order valence-corrected chi connectivity index (χ3v) is 5.70. The van der Waals surface area contributed by atoms with Crippen molar-refractivity contribution in [2.75, 3.05) is 4.90 Å². The van der Waals surface area contributed by atoms with Gasteiger partial charge in [-0.2, -0.15) is 0 Å². The fourth-order valence-electron chi connectivity index (χ4n) is 4.19. The first-order valence-electron chi connectivity index (χ1n) is 10.6. The molecule has 0 aliphatic carbocycles. The Labute approximate surface area is 186 Å². The van der Waals surface area contributed by atoms with Crippen LogP contribution in [-0.2, 0) is 0 Å². The molecule has 2 aromatic heterocycles. The minimum atomic E-state index is 0.668. The van der Waals surface area contributed by atoms with Crippen LogP contribution in [0.25, 0.3) is 33.2 Å². The van der Waals surface area contributed by atoms with Gasteiger partial charge in [0.1, 0.15) is 5.58 Å². The monoisotopic (exact) mass is 412 g/mol. The van der Waals surface area contributed by atoms with Gasteiger partial charge in [-0.25, -0.2) is 4.98 Å². The molecule has 3 nitrogen and oxygen atoms in total. The van der Waals surface area contributed by atoms with E-state index in [0.29, 0.717) is 5.71 Å². The topological polar surface area (TPSA) is 29.3 Å². The molecule has 3 heteroatoms. The largest absolute Gasteiger partial charge is 0.438 e. The van der Waals surface area contributed by atoms with E-state index in [9.17, 15) is 0 Å². The van der Waals surface area contributed by atoms with Crippen molar-refractivity contribution in [2.24, 2.45) is 0 Å². The molecule has 0 saturated carbocycles. The number of pyridine rings is 1. The van der Waals surface area contributed by atoms with Crippen LogP contribution in [0.3, 0.4) is 0 Å². The number of furan rings is 1. The summed E-state index contributed by atoms with van der Waals surface area (Å²) in [7, 11) is 0. The van der Waals surface area contributed by atoms with Crippen LogP contribution in [0.2, 0.25) is 0 Å². The Hall–Kier alpha value is -4.37. The van der Waals surface area contributed by atoms with E-state index in [1.807, 2.05) is 36.5 Å². The number of rotatable bonds is 4. The van der Waals surface area contributed by atoms with Crippen LogP contribution in [-0.4, -0.2) is 4.98 Å². The predicted molar refractivity (Wildman–Crippen MR) is 132 cm³/mol. The molecule has 0 bridgehead atoms. The first-order valence-corrected chi connectivity index (χ1v) is 10.6. The van der Waals surface area contributed by atoms with Crippen molar-refractivity contribution >= 4 is 39.1 Å². The average molecular weight is 412 g/mol. The summed E-state index contributed by atoms with van der Waals surface area (Å²) in [4.78, 5) is 6.87. The van der Waals surface area contributed by atoms with Crippen molar-refractivity contribution in [3.05, 3.63) is 121 Å². The maximum absolute atomic E-state index is 5.90. The Kier molecular flexibility index (Phi) is 4.43. The van der Waals surface area contributed by atoms with Crippen molar-refractivity contribution in [3.63, 3.8) is 0 Å². The molecule has 0 amide bonds. The Morgan fingerprint density at radius 2 is 1.19 bits per heavy atom. The minimum absolute atomic E-state index is 0.668. The zero-order chi connectivity index (χ0) is 21.3. The molecular weight excluding hydrogens is 392 g/mol. The highest BCUT2D eigenvalue weighted by atomic mass is 16.3. The Balaban J connectivity index is 1.49. The molecule has 0 aliphatic heterocycles. The molecule has 0 atom stereocenters. The summed E-state index contributed by atoms with van der Waals surface area (Å²) < 4.78 is 5.90. The smallest absolute Gasteiger partial charge is 0.227 e. The summed E-state index contributed by atoms with van der Waals surface area (Å²) in [5.41, 5.74) is 7.03. The van der Waals surface area contributed by atoms with Gasteiger partial charge in [-0.15, -0.1) is 0 Å². The van der Waals surface area contributed by atoms with Crippen LogP contribution in [0.15, 0.2) is 126 Å². The molecule has 0 unspecified atom stereocenters. The van der Waals surface area contributed by atoms with Gasteiger partial charge in [-0.3, -0.25) is 0 Å². The van der Waals surface area contributed by atoms with E-state index in [0.717, 1.165) is 44.5 Å². The highest BCUT2D eigenvalue weighted by Crippen LogP contribution is 2.37. The van der Waals surface area contributed by atoms with Gasteiger partial charge in [0.15, 0.2) is 0 Å². The van der Waals surface area contributed by atoms with Crippen molar-refractivity contribution in [3.8, 4) is 11.1 Å². The molecule has 152 valence electrons. The second-order valence-electron chi connectivity index (χ2n) is 7.73. The normalized spacial score (nSPS) is 11.1. The number of nitrogens with zero attached hydrogens (tertiary/aromatic N) is 2. The molecule has 32 heavy (non-hydrogen) atoms. The molecule has 6 rings (SSSR count). The Morgan fingerprint density at radius 3 is 1.94 bits per heavy atom. The number of fused-ring (bicyclic) bond motifs is 3. The molecule has 0 aliphatic rings. The molecule has 0 radical (unpaired) electrons. The van der Waals surface area contributed by atoms with Crippen LogP contribution in [0.1, 0.15) is 0 Å². The zero-order valence-corrected chi connectivity index (χ0v) is 17.3. The van der Waals surface area contributed by atoms with Gasteiger partial charge in [0.25, 0.3) is 0 Å².